The highest BCUT2D eigenvalue weighted by molar-refractivity contribution is 6.30. The van der Waals surface area contributed by atoms with Crippen molar-refractivity contribution in [2.45, 2.75) is 19.9 Å². The van der Waals surface area contributed by atoms with Crippen molar-refractivity contribution in [3.05, 3.63) is 88.3 Å². The van der Waals surface area contributed by atoms with Crippen molar-refractivity contribution in [1.82, 2.24) is 15.3 Å². The van der Waals surface area contributed by atoms with Gasteiger partial charge in [-0.15, -0.1) is 0 Å². The van der Waals surface area contributed by atoms with Crippen LogP contribution in [0.3, 0.4) is 0 Å². The number of anilines is 1. The van der Waals surface area contributed by atoms with Gasteiger partial charge < -0.3 is 10.6 Å². The lowest BCUT2D eigenvalue weighted by Gasteiger charge is -2.09. The number of aromatic nitrogens is 2. The maximum absolute atomic E-state index is 12.4. The number of hydrogen-bond donors (Lipinski definition) is 2. The van der Waals surface area contributed by atoms with Gasteiger partial charge >= 0.3 is 0 Å². The van der Waals surface area contributed by atoms with E-state index in [-0.39, 0.29) is 5.91 Å². The molecule has 138 valence electrons. The van der Waals surface area contributed by atoms with Gasteiger partial charge in [0.15, 0.2) is 0 Å². The number of benzene rings is 2. The van der Waals surface area contributed by atoms with E-state index in [0.29, 0.717) is 41.9 Å². The molecule has 5 nitrogen and oxygen atoms in total. The zero-order valence-electron chi connectivity index (χ0n) is 15.1. The van der Waals surface area contributed by atoms with Gasteiger partial charge in [-0.3, -0.25) is 4.79 Å². The lowest BCUT2D eigenvalue weighted by molar-refractivity contribution is 0.0949. The molecule has 3 aromatic rings. The minimum atomic E-state index is -0.217. The topological polar surface area (TPSA) is 66.9 Å². The molecular formula is C21H21ClN4O. The van der Waals surface area contributed by atoms with Crippen molar-refractivity contribution >= 4 is 23.3 Å². The van der Waals surface area contributed by atoms with Crippen molar-refractivity contribution in [3.63, 3.8) is 0 Å². The van der Waals surface area contributed by atoms with Gasteiger partial charge in [0, 0.05) is 24.2 Å². The van der Waals surface area contributed by atoms with Crippen LogP contribution in [0.15, 0.2) is 60.7 Å². The van der Waals surface area contributed by atoms with Crippen LogP contribution in [0.1, 0.15) is 27.4 Å². The Morgan fingerprint density at radius 2 is 1.78 bits per heavy atom. The molecule has 2 N–H and O–H groups in total. The van der Waals surface area contributed by atoms with Crippen molar-refractivity contribution in [1.29, 1.82) is 0 Å². The predicted molar refractivity (Wildman–Crippen MR) is 108 cm³/mol. The van der Waals surface area contributed by atoms with Gasteiger partial charge in [-0.25, -0.2) is 9.97 Å². The number of nitrogens with zero attached hydrogens (tertiary/aromatic N) is 2. The van der Waals surface area contributed by atoms with Crippen LogP contribution in [-0.2, 0) is 13.0 Å². The van der Waals surface area contributed by atoms with E-state index in [1.807, 2.05) is 54.6 Å². The Morgan fingerprint density at radius 3 is 2.56 bits per heavy atom. The number of hydrogen-bond acceptors (Lipinski definition) is 4. The Kier molecular flexibility index (Phi) is 6.39. The molecule has 0 saturated carbocycles. The molecule has 0 spiro atoms. The van der Waals surface area contributed by atoms with Crippen molar-refractivity contribution < 1.29 is 4.79 Å². The van der Waals surface area contributed by atoms with Crippen LogP contribution >= 0.6 is 11.6 Å². The summed E-state index contributed by atoms with van der Waals surface area (Å²) >= 11 is 5.98. The van der Waals surface area contributed by atoms with E-state index in [2.05, 4.69) is 20.6 Å². The molecule has 0 aliphatic carbocycles. The molecule has 0 bridgehead atoms. The third-order valence-electron chi connectivity index (χ3n) is 3.98. The summed E-state index contributed by atoms with van der Waals surface area (Å²) in [5, 5.41) is 6.83. The number of carbonyl (C=O) groups is 1. The molecule has 0 aliphatic rings. The first-order valence-electron chi connectivity index (χ1n) is 8.76. The van der Waals surface area contributed by atoms with Gasteiger partial charge in [-0.05, 0) is 36.6 Å². The summed E-state index contributed by atoms with van der Waals surface area (Å²) < 4.78 is 0. The van der Waals surface area contributed by atoms with Gasteiger partial charge in [0.05, 0.1) is 0 Å². The standard InChI is InChI=1S/C21H21ClN4O/c1-15-25-19(13-20(26-15)24-14-17-6-3-2-4-7-17)21(27)23-11-10-16-8-5-9-18(22)12-16/h2-9,12-13H,10-11,14H2,1H3,(H,23,27)(H,24,25,26). The van der Waals surface area contributed by atoms with E-state index in [1.165, 1.54) is 0 Å². The van der Waals surface area contributed by atoms with E-state index in [0.717, 1.165) is 11.1 Å². The molecule has 6 heteroatoms. The molecule has 0 fully saturated rings. The van der Waals surface area contributed by atoms with Gasteiger partial charge in [0.1, 0.15) is 17.3 Å². The summed E-state index contributed by atoms with van der Waals surface area (Å²) in [5.41, 5.74) is 2.57. The average molecular weight is 381 g/mol. The molecule has 1 amide bonds. The molecule has 2 aromatic carbocycles. The zero-order valence-corrected chi connectivity index (χ0v) is 15.8. The van der Waals surface area contributed by atoms with Gasteiger partial charge in [-0.2, -0.15) is 0 Å². The third kappa shape index (κ3) is 5.79. The second kappa shape index (κ2) is 9.14. The molecule has 0 saturated heterocycles. The summed E-state index contributed by atoms with van der Waals surface area (Å²) in [6.45, 7) is 2.92. The molecule has 1 heterocycles. The summed E-state index contributed by atoms with van der Waals surface area (Å²) in [7, 11) is 0. The minimum absolute atomic E-state index is 0.217. The largest absolute Gasteiger partial charge is 0.366 e. The summed E-state index contributed by atoms with van der Waals surface area (Å²) in [4.78, 5) is 21.0. The summed E-state index contributed by atoms with van der Waals surface area (Å²) in [6, 6.07) is 19.3. The van der Waals surface area contributed by atoms with Crippen molar-refractivity contribution in [2.24, 2.45) is 0 Å². The molecule has 0 unspecified atom stereocenters. The molecule has 27 heavy (non-hydrogen) atoms. The molecule has 0 radical (unpaired) electrons. The second-order valence-electron chi connectivity index (χ2n) is 6.16. The van der Waals surface area contributed by atoms with E-state index >= 15 is 0 Å². The van der Waals surface area contributed by atoms with Crippen LogP contribution in [0, 0.1) is 6.92 Å². The van der Waals surface area contributed by atoms with E-state index in [9.17, 15) is 4.79 Å². The Labute approximate surface area is 163 Å². The maximum Gasteiger partial charge on any atom is 0.270 e. The highest BCUT2D eigenvalue weighted by atomic mass is 35.5. The molecular weight excluding hydrogens is 360 g/mol. The number of amides is 1. The molecule has 0 aliphatic heterocycles. The van der Waals surface area contributed by atoms with Crippen LogP contribution in [0.25, 0.3) is 0 Å². The molecule has 0 atom stereocenters. The second-order valence-corrected chi connectivity index (χ2v) is 6.60. The highest BCUT2D eigenvalue weighted by Crippen LogP contribution is 2.11. The fraction of sp³-hybridized carbons (Fsp3) is 0.190. The van der Waals surface area contributed by atoms with Crippen LogP contribution < -0.4 is 10.6 Å². The number of nitrogens with one attached hydrogen (secondary N) is 2. The van der Waals surface area contributed by atoms with Crippen LogP contribution in [0.2, 0.25) is 5.02 Å². The third-order valence-corrected chi connectivity index (χ3v) is 4.21. The number of carbonyl (C=O) groups excluding carboxylic acids is 1. The monoisotopic (exact) mass is 380 g/mol. The summed E-state index contributed by atoms with van der Waals surface area (Å²) in [5.74, 6) is 0.963. The van der Waals surface area contributed by atoms with E-state index < -0.39 is 0 Å². The number of rotatable bonds is 7. The quantitative estimate of drug-likeness (QED) is 0.649. The lowest BCUT2D eigenvalue weighted by atomic mass is 10.1. The first-order valence-corrected chi connectivity index (χ1v) is 9.14. The normalized spacial score (nSPS) is 10.4. The summed E-state index contributed by atoms with van der Waals surface area (Å²) in [6.07, 6.45) is 0.704. The highest BCUT2D eigenvalue weighted by Gasteiger charge is 2.10. The Morgan fingerprint density at radius 1 is 1.00 bits per heavy atom. The Bertz CT molecular complexity index is 915. The zero-order chi connectivity index (χ0) is 19.1. The van der Waals surface area contributed by atoms with Gasteiger partial charge in [0.2, 0.25) is 0 Å². The van der Waals surface area contributed by atoms with Crippen molar-refractivity contribution in [3.8, 4) is 0 Å². The van der Waals surface area contributed by atoms with Gasteiger partial charge in [0.25, 0.3) is 5.91 Å². The van der Waals surface area contributed by atoms with Gasteiger partial charge in [-0.1, -0.05) is 54.1 Å². The number of halogens is 1. The minimum Gasteiger partial charge on any atom is -0.366 e. The van der Waals surface area contributed by atoms with Crippen LogP contribution in [-0.4, -0.2) is 22.4 Å². The van der Waals surface area contributed by atoms with E-state index in [1.54, 1.807) is 13.0 Å². The van der Waals surface area contributed by atoms with Crippen molar-refractivity contribution in [2.75, 3.05) is 11.9 Å². The molecule has 1 aromatic heterocycles. The first-order chi connectivity index (χ1) is 13.1. The fourth-order valence-corrected chi connectivity index (χ4v) is 2.88. The first kappa shape index (κ1) is 18.9. The molecule has 3 rings (SSSR count). The van der Waals surface area contributed by atoms with Crippen LogP contribution in [0.4, 0.5) is 5.82 Å². The predicted octanol–water partition coefficient (Wildman–Crippen LogP) is 4.02. The lowest BCUT2D eigenvalue weighted by Crippen LogP contribution is -2.27. The average Bonchev–Trinajstić information content (AvgIpc) is 2.67. The van der Waals surface area contributed by atoms with E-state index in [4.69, 9.17) is 11.6 Å². The maximum atomic E-state index is 12.4. The van der Waals surface area contributed by atoms with Crippen LogP contribution in [0.5, 0.6) is 0 Å². The Balaban J connectivity index is 1.58. The Hall–Kier alpha value is -2.92. The SMILES string of the molecule is Cc1nc(NCc2ccccc2)cc(C(=O)NCCc2cccc(Cl)c2)n1. The fourth-order valence-electron chi connectivity index (χ4n) is 2.67. The smallest absolute Gasteiger partial charge is 0.270 e. The number of aryl methyl sites for hydroxylation is 1.